The van der Waals surface area contributed by atoms with E-state index in [0.29, 0.717) is 0 Å². The first-order chi connectivity index (χ1) is 12.0. The highest BCUT2D eigenvalue weighted by Crippen LogP contribution is 2.41. The molecule has 0 unspecified atom stereocenters. The molecule has 134 valence electrons. The Morgan fingerprint density at radius 3 is 2.80 bits per heavy atom. The first kappa shape index (κ1) is 17.2. The number of carboxylic acids is 1. The largest absolute Gasteiger partial charge is 0.481 e. The third-order valence-corrected chi connectivity index (χ3v) is 4.65. The minimum Gasteiger partial charge on any atom is -0.481 e. The SMILES string of the molecule is CN(CCC(=O)O)C(=O)N[C@@H]1CC(=O)N(C2CC2)[C@H]1c1cccnc1. The zero-order chi connectivity index (χ0) is 18.0. The van der Waals surface area contributed by atoms with E-state index < -0.39 is 5.97 Å². The van der Waals surface area contributed by atoms with Crippen molar-refractivity contribution in [2.24, 2.45) is 0 Å². The lowest BCUT2D eigenvalue weighted by Gasteiger charge is -2.30. The van der Waals surface area contributed by atoms with Gasteiger partial charge in [-0.05, 0) is 24.5 Å². The average molecular weight is 346 g/mol. The van der Waals surface area contributed by atoms with Gasteiger partial charge in [-0.1, -0.05) is 6.07 Å². The zero-order valence-electron chi connectivity index (χ0n) is 14.1. The molecule has 8 heteroatoms. The van der Waals surface area contributed by atoms with Crippen LogP contribution >= 0.6 is 0 Å². The van der Waals surface area contributed by atoms with Crippen molar-refractivity contribution in [1.82, 2.24) is 20.1 Å². The van der Waals surface area contributed by atoms with Gasteiger partial charge in [0, 0.05) is 38.4 Å². The Hall–Kier alpha value is -2.64. The molecule has 2 atom stereocenters. The number of nitrogens with zero attached hydrogens (tertiary/aromatic N) is 3. The summed E-state index contributed by atoms with van der Waals surface area (Å²) in [6.07, 6.45) is 5.51. The van der Waals surface area contributed by atoms with Crippen LogP contribution in [-0.4, -0.2) is 63.5 Å². The zero-order valence-corrected chi connectivity index (χ0v) is 14.1. The lowest BCUT2D eigenvalue weighted by atomic mass is 10.0. The van der Waals surface area contributed by atoms with Crippen molar-refractivity contribution in [3.05, 3.63) is 30.1 Å². The molecule has 2 aliphatic rings. The third kappa shape index (κ3) is 3.89. The van der Waals surface area contributed by atoms with Crippen LogP contribution in [0.1, 0.15) is 37.3 Å². The molecule has 1 aliphatic heterocycles. The van der Waals surface area contributed by atoms with Crippen LogP contribution in [0.15, 0.2) is 24.5 Å². The normalized spacial score (nSPS) is 22.8. The first-order valence-electron chi connectivity index (χ1n) is 8.42. The monoisotopic (exact) mass is 346 g/mol. The van der Waals surface area contributed by atoms with Crippen LogP contribution in [-0.2, 0) is 9.59 Å². The summed E-state index contributed by atoms with van der Waals surface area (Å²) in [4.78, 5) is 42.8. The fraction of sp³-hybridized carbons (Fsp3) is 0.529. The summed E-state index contributed by atoms with van der Waals surface area (Å²) in [7, 11) is 1.55. The van der Waals surface area contributed by atoms with Crippen molar-refractivity contribution in [3.8, 4) is 0 Å². The quantitative estimate of drug-likeness (QED) is 0.800. The lowest BCUT2D eigenvalue weighted by molar-refractivity contribution is -0.137. The number of likely N-dealkylation sites (tertiary alicyclic amines) is 1. The molecular formula is C17H22N4O4. The molecule has 2 heterocycles. The summed E-state index contributed by atoms with van der Waals surface area (Å²) < 4.78 is 0. The molecule has 1 aliphatic carbocycles. The summed E-state index contributed by atoms with van der Waals surface area (Å²) in [5.74, 6) is -0.918. The highest BCUT2D eigenvalue weighted by molar-refractivity contribution is 5.83. The number of aliphatic carboxylic acids is 1. The number of carboxylic acid groups (broad SMARTS) is 1. The van der Waals surface area contributed by atoms with E-state index in [1.807, 2.05) is 17.0 Å². The fourth-order valence-electron chi connectivity index (χ4n) is 3.25. The predicted molar refractivity (Wildman–Crippen MR) is 88.7 cm³/mol. The molecule has 2 N–H and O–H groups in total. The number of carbonyl (C=O) groups is 3. The van der Waals surface area contributed by atoms with Gasteiger partial charge in [0.15, 0.2) is 0 Å². The van der Waals surface area contributed by atoms with Gasteiger partial charge in [0.25, 0.3) is 0 Å². The van der Waals surface area contributed by atoms with Gasteiger partial charge >= 0.3 is 12.0 Å². The van der Waals surface area contributed by atoms with E-state index in [0.717, 1.165) is 18.4 Å². The number of pyridine rings is 1. The molecule has 2 fully saturated rings. The van der Waals surface area contributed by atoms with Crippen molar-refractivity contribution < 1.29 is 19.5 Å². The van der Waals surface area contributed by atoms with Gasteiger partial charge in [-0.25, -0.2) is 4.79 Å². The van der Waals surface area contributed by atoms with Crippen molar-refractivity contribution in [2.45, 2.75) is 43.8 Å². The first-order valence-corrected chi connectivity index (χ1v) is 8.42. The van der Waals surface area contributed by atoms with Crippen molar-refractivity contribution >= 4 is 17.9 Å². The number of hydrogen-bond acceptors (Lipinski definition) is 4. The minimum absolute atomic E-state index is 0.0369. The third-order valence-electron chi connectivity index (χ3n) is 4.65. The number of rotatable bonds is 6. The molecule has 3 amide bonds. The summed E-state index contributed by atoms with van der Waals surface area (Å²) in [5, 5.41) is 11.6. The van der Waals surface area contributed by atoms with E-state index in [1.54, 1.807) is 19.4 Å². The van der Waals surface area contributed by atoms with E-state index in [9.17, 15) is 14.4 Å². The Bertz CT molecular complexity index is 662. The molecule has 0 bridgehead atoms. The maximum absolute atomic E-state index is 12.5. The molecule has 3 rings (SSSR count). The van der Waals surface area contributed by atoms with Gasteiger partial charge in [-0.15, -0.1) is 0 Å². The molecule has 0 aromatic carbocycles. The van der Waals surface area contributed by atoms with Crippen LogP contribution in [0, 0.1) is 0 Å². The highest BCUT2D eigenvalue weighted by atomic mass is 16.4. The second kappa shape index (κ2) is 7.08. The van der Waals surface area contributed by atoms with E-state index in [1.165, 1.54) is 4.90 Å². The molecule has 1 saturated heterocycles. The van der Waals surface area contributed by atoms with Crippen molar-refractivity contribution in [2.75, 3.05) is 13.6 Å². The topological polar surface area (TPSA) is 103 Å². The Balaban J connectivity index is 1.73. The molecule has 0 spiro atoms. The van der Waals surface area contributed by atoms with Crippen molar-refractivity contribution in [3.63, 3.8) is 0 Å². The lowest BCUT2D eigenvalue weighted by Crippen LogP contribution is -2.46. The van der Waals surface area contributed by atoms with E-state index in [4.69, 9.17) is 5.11 Å². The molecule has 1 aromatic heterocycles. The van der Waals surface area contributed by atoms with Gasteiger partial charge in [0.1, 0.15) is 0 Å². The van der Waals surface area contributed by atoms with Gasteiger partial charge in [0.05, 0.1) is 18.5 Å². The van der Waals surface area contributed by atoms with Crippen molar-refractivity contribution in [1.29, 1.82) is 0 Å². The maximum Gasteiger partial charge on any atom is 0.317 e. The maximum atomic E-state index is 12.5. The minimum atomic E-state index is -0.955. The summed E-state index contributed by atoms with van der Waals surface area (Å²) in [6.45, 7) is 0.117. The Morgan fingerprint density at radius 2 is 2.20 bits per heavy atom. The Kier molecular flexibility index (Phi) is 4.87. The summed E-state index contributed by atoms with van der Waals surface area (Å²) in [5.41, 5.74) is 0.902. The number of hydrogen-bond donors (Lipinski definition) is 2. The van der Waals surface area contributed by atoms with Crippen LogP contribution in [0.3, 0.4) is 0 Å². The molecule has 0 radical (unpaired) electrons. The summed E-state index contributed by atoms with van der Waals surface area (Å²) >= 11 is 0. The standard InChI is InChI=1S/C17H22N4O4/c1-20(8-6-15(23)24)17(25)19-13-9-14(22)21(12-4-5-12)16(13)11-3-2-7-18-10-11/h2-3,7,10,12-13,16H,4-6,8-9H2,1H3,(H,19,25)(H,23,24)/t13-,16+/m1/s1. The van der Waals surface area contributed by atoms with Crippen LogP contribution in [0.5, 0.6) is 0 Å². The van der Waals surface area contributed by atoms with Crippen LogP contribution in [0.4, 0.5) is 4.79 Å². The van der Waals surface area contributed by atoms with Gasteiger partial charge in [-0.2, -0.15) is 0 Å². The molecule has 1 aromatic rings. The highest BCUT2D eigenvalue weighted by Gasteiger charge is 2.47. The van der Waals surface area contributed by atoms with E-state index >= 15 is 0 Å². The Labute approximate surface area is 145 Å². The molecule has 25 heavy (non-hydrogen) atoms. The number of urea groups is 1. The second-order valence-corrected chi connectivity index (χ2v) is 6.59. The Morgan fingerprint density at radius 1 is 1.44 bits per heavy atom. The smallest absolute Gasteiger partial charge is 0.317 e. The van der Waals surface area contributed by atoms with Crippen LogP contribution in [0.25, 0.3) is 0 Å². The number of carbonyl (C=O) groups excluding carboxylic acids is 2. The second-order valence-electron chi connectivity index (χ2n) is 6.59. The van der Waals surface area contributed by atoms with Crippen LogP contribution < -0.4 is 5.32 Å². The van der Waals surface area contributed by atoms with Gasteiger partial charge in [0.2, 0.25) is 5.91 Å². The molecule has 1 saturated carbocycles. The molecular weight excluding hydrogens is 324 g/mol. The van der Waals surface area contributed by atoms with Crippen LogP contribution in [0.2, 0.25) is 0 Å². The fourth-order valence-corrected chi connectivity index (χ4v) is 3.25. The predicted octanol–water partition coefficient (Wildman–Crippen LogP) is 1.00. The van der Waals surface area contributed by atoms with E-state index in [-0.39, 0.29) is 49.5 Å². The molecule has 8 nitrogen and oxygen atoms in total. The number of aromatic nitrogens is 1. The number of nitrogens with one attached hydrogen (secondary N) is 1. The average Bonchev–Trinajstić information content (AvgIpc) is 3.37. The van der Waals surface area contributed by atoms with Gasteiger partial charge < -0.3 is 20.2 Å². The number of amides is 3. The van der Waals surface area contributed by atoms with E-state index in [2.05, 4.69) is 10.3 Å². The van der Waals surface area contributed by atoms with Gasteiger partial charge in [-0.3, -0.25) is 14.6 Å². The summed E-state index contributed by atoms with van der Waals surface area (Å²) in [6, 6.07) is 3.03.